The molecule has 3 aromatic rings. The average molecular weight is 448 g/mol. The van der Waals surface area contributed by atoms with E-state index in [9.17, 15) is 9.59 Å². The molecule has 0 spiro atoms. The van der Waals surface area contributed by atoms with Gasteiger partial charge in [0, 0.05) is 51.1 Å². The van der Waals surface area contributed by atoms with Crippen LogP contribution < -0.4 is 10.3 Å². The minimum atomic E-state index is -0.294. The van der Waals surface area contributed by atoms with E-state index in [0.29, 0.717) is 18.9 Å². The fourth-order valence-corrected chi connectivity index (χ4v) is 3.89. The number of H-pyrrole nitrogens is 1. The number of carbonyl (C=O) groups excluding carboxylic acids is 1. The molecule has 1 aliphatic heterocycles. The molecule has 0 radical (unpaired) electrons. The van der Waals surface area contributed by atoms with Gasteiger partial charge in [-0.3, -0.25) is 14.5 Å². The van der Waals surface area contributed by atoms with Crippen molar-refractivity contribution in [2.24, 2.45) is 0 Å². The molecular weight excluding hydrogens is 418 g/mol. The molecule has 2 heterocycles. The number of ether oxygens (including phenoxy) is 1. The highest BCUT2D eigenvalue weighted by atomic mass is 16.5. The second kappa shape index (κ2) is 10.4. The van der Waals surface area contributed by atoms with Crippen molar-refractivity contribution in [1.29, 1.82) is 0 Å². The van der Waals surface area contributed by atoms with Crippen molar-refractivity contribution in [2.45, 2.75) is 26.3 Å². The Labute approximate surface area is 193 Å². The fourth-order valence-electron chi connectivity index (χ4n) is 3.89. The second-order valence-corrected chi connectivity index (χ2v) is 8.32. The van der Waals surface area contributed by atoms with Crippen LogP contribution in [0.3, 0.4) is 0 Å². The fraction of sp³-hybridized carbons (Fsp3) is 0.360. The Kier molecular flexibility index (Phi) is 7.14. The lowest BCUT2D eigenvalue weighted by Crippen LogP contribution is -2.48. The maximum Gasteiger partial charge on any atom is 0.273 e. The van der Waals surface area contributed by atoms with Gasteiger partial charge in [-0.2, -0.15) is 0 Å². The number of aromatic nitrogens is 3. The number of rotatable bonds is 7. The maximum atomic E-state index is 12.7. The Hall–Kier alpha value is -3.52. The number of aryl methyl sites for hydroxylation is 2. The molecule has 1 N–H and O–H groups in total. The minimum Gasteiger partial charge on any atom is -0.497 e. The number of benzene rings is 2. The van der Waals surface area contributed by atoms with E-state index in [1.807, 2.05) is 48.2 Å². The van der Waals surface area contributed by atoms with Crippen LogP contribution in [-0.2, 0) is 17.8 Å². The molecule has 33 heavy (non-hydrogen) atoms. The summed E-state index contributed by atoms with van der Waals surface area (Å²) >= 11 is 0. The number of nitrogens with zero attached hydrogens (tertiary/aromatic N) is 4. The molecule has 0 unspecified atom stereocenters. The molecular formula is C25H29N5O3. The minimum absolute atomic E-state index is 0.0444. The zero-order chi connectivity index (χ0) is 23.2. The summed E-state index contributed by atoms with van der Waals surface area (Å²) in [5, 5.41) is 8.23. The summed E-state index contributed by atoms with van der Waals surface area (Å²) in [5.41, 5.74) is 3.16. The van der Waals surface area contributed by atoms with Gasteiger partial charge in [0.25, 0.3) is 5.56 Å². The van der Waals surface area contributed by atoms with Gasteiger partial charge in [0.2, 0.25) is 5.91 Å². The number of hydrogen-bond acceptors (Lipinski definition) is 6. The first-order valence-corrected chi connectivity index (χ1v) is 11.2. The van der Waals surface area contributed by atoms with Gasteiger partial charge < -0.3 is 14.6 Å². The molecule has 0 bridgehead atoms. The van der Waals surface area contributed by atoms with Crippen LogP contribution >= 0.6 is 0 Å². The highest BCUT2D eigenvalue weighted by molar-refractivity contribution is 5.76. The van der Waals surface area contributed by atoms with Crippen LogP contribution in [0.1, 0.15) is 23.2 Å². The lowest BCUT2D eigenvalue weighted by atomic mass is 10.1. The lowest BCUT2D eigenvalue weighted by molar-refractivity contribution is -0.133. The second-order valence-electron chi connectivity index (χ2n) is 8.32. The van der Waals surface area contributed by atoms with Gasteiger partial charge in [-0.15, -0.1) is 10.2 Å². The molecule has 1 aromatic heterocycles. The van der Waals surface area contributed by atoms with Gasteiger partial charge >= 0.3 is 0 Å². The summed E-state index contributed by atoms with van der Waals surface area (Å²) in [6, 6.07) is 15.8. The molecule has 0 saturated carbocycles. The molecule has 0 atom stereocenters. The first-order valence-electron chi connectivity index (χ1n) is 11.2. The van der Waals surface area contributed by atoms with Crippen molar-refractivity contribution in [3.63, 3.8) is 0 Å². The summed E-state index contributed by atoms with van der Waals surface area (Å²) in [5.74, 6) is 1.33. The van der Waals surface area contributed by atoms with Crippen LogP contribution in [-0.4, -0.2) is 64.2 Å². The number of carbonyl (C=O) groups is 1. The largest absolute Gasteiger partial charge is 0.497 e. The predicted octanol–water partition coefficient (Wildman–Crippen LogP) is 2.43. The smallest absolute Gasteiger partial charge is 0.273 e. The average Bonchev–Trinajstić information content (AvgIpc) is 2.84. The van der Waals surface area contributed by atoms with E-state index in [1.165, 1.54) is 5.56 Å². The summed E-state index contributed by atoms with van der Waals surface area (Å²) in [6.07, 6.45) is 0.529. The van der Waals surface area contributed by atoms with E-state index in [1.54, 1.807) is 7.11 Å². The Morgan fingerprint density at radius 1 is 1.00 bits per heavy atom. The molecule has 172 valence electrons. The number of piperazine rings is 1. The van der Waals surface area contributed by atoms with Gasteiger partial charge in [-0.1, -0.05) is 42.0 Å². The summed E-state index contributed by atoms with van der Waals surface area (Å²) in [4.78, 5) is 32.1. The first-order chi connectivity index (χ1) is 16.0. The third kappa shape index (κ3) is 5.84. The van der Waals surface area contributed by atoms with Crippen LogP contribution in [0.25, 0.3) is 11.4 Å². The van der Waals surface area contributed by atoms with Crippen LogP contribution in [0.4, 0.5) is 0 Å². The zero-order valence-electron chi connectivity index (χ0n) is 19.1. The highest BCUT2D eigenvalue weighted by Gasteiger charge is 2.21. The Bertz CT molecular complexity index is 1130. The standard InChI is InChI=1S/C25H29N5O3/c1-18-3-7-20(8-4-18)24-26-25(32)22(27-28-24)11-12-23(31)30-15-13-29(14-16-30)17-19-5-9-21(33-2)10-6-19/h3-10H,11-17H2,1-2H3,(H,26,28,32). The van der Waals surface area contributed by atoms with Gasteiger partial charge in [-0.05, 0) is 24.6 Å². The molecule has 1 amide bonds. The van der Waals surface area contributed by atoms with Gasteiger partial charge in [-0.25, -0.2) is 0 Å². The van der Waals surface area contributed by atoms with Gasteiger partial charge in [0.15, 0.2) is 5.82 Å². The molecule has 1 fully saturated rings. The van der Waals surface area contributed by atoms with Crippen LogP contribution in [0.5, 0.6) is 5.75 Å². The van der Waals surface area contributed by atoms with E-state index in [0.717, 1.165) is 36.5 Å². The number of amides is 1. The van der Waals surface area contributed by atoms with Crippen LogP contribution in [0.2, 0.25) is 0 Å². The Balaban J connectivity index is 1.26. The Morgan fingerprint density at radius 3 is 2.33 bits per heavy atom. The van der Waals surface area contributed by atoms with Crippen molar-refractivity contribution in [3.8, 4) is 17.1 Å². The van der Waals surface area contributed by atoms with Crippen molar-refractivity contribution >= 4 is 5.91 Å². The molecule has 1 aliphatic rings. The highest BCUT2D eigenvalue weighted by Crippen LogP contribution is 2.15. The van der Waals surface area contributed by atoms with E-state index >= 15 is 0 Å². The van der Waals surface area contributed by atoms with Crippen molar-refractivity contribution in [3.05, 3.63) is 75.7 Å². The lowest BCUT2D eigenvalue weighted by Gasteiger charge is -2.34. The van der Waals surface area contributed by atoms with Gasteiger partial charge in [0.05, 0.1) is 7.11 Å². The molecule has 1 saturated heterocycles. The maximum absolute atomic E-state index is 12.7. The van der Waals surface area contributed by atoms with E-state index < -0.39 is 0 Å². The molecule has 8 heteroatoms. The van der Waals surface area contributed by atoms with E-state index in [-0.39, 0.29) is 30.0 Å². The predicted molar refractivity (Wildman–Crippen MR) is 126 cm³/mol. The molecule has 8 nitrogen and oxygen atoms in total. The summed E-state index contributed by atoms with van der Waals surface area (Å²) < 4.78 is 5.20. The van der Waals surface area contributed by atoms with Crippen molar-refractivity contribution in [2.75, 3.05) is 33.3 Å². The quantitative estimate of drug-likeness (QED) is 0.598. The number of methoxy groups -OCH3 is 1. The van der Waals surface area contributed by atoms with Gasteiger partial charge in [0.1, 0.15) is 11.4 Å². The monoisotopic (exact) mass is 447 g/mol. The number of aromatic amines is 1. The first kappa shape index (κ1) is 22.7. The number of hydrogen-bond donors (Lipinski definition) is 1. The normalized spacial score (nSPS) is 14.3. The van der Waals surface area contributed by atoms with Crippen molar-refractivity contribution in [1.82, 2.24) is 25.0 Å². The molecule has 4 rings (SSSR count). The summed E-state index contributed by atoms with van der Waals surface area (Å²) in [7, 11) is 1.66. The number of nitrogens with one attached hydrogen (secondary N) is 1. The zero-order valence-corrected chi connectivity index (χ0v) is 19.1. The topological polar surface area (TPSA) is 91.4 Å². The van der Waals surface area contributed by atoms with E-state index in [2.05, 4.69) is 32.2 Å². The van der Waals surface area contributed by atoms with Crippen molar-refractivity contribution < 1.29 is 9.53 Å². The molecule has 0 aliphatic carbocycles. The van der Waals surface area contributed by atoms with E-state index in [4.69, 9.17) is 4.74 Å². The van der Waals surface area contributed by atoms with Crippen LogP contribution in [0.15, 0.2) is 53.3 Å². The Morgan fingerprint density at radius 2 is 1.70 bits per heavy atom. The summed E-state index contributed by atoms with van der Waals surface area (Å²) in [6.45, 7) is 5.86. The SMILES string of the molecule is COc1ccc(CN2CCN(C(=O)CCc3nnc(-c4ccc(C)cc4)[nH]c3=O)CC2)cc1. The molecule has 2 aromatic carbocycles. The third-order valence-corrected chi connectivity index (χ3v) is 5.96. The third-order valence-electron chi connectivity index (χ3n) is 5.96. The van der Waals surface area contributed by atoms with Crippen LogP contribution in [0, 0.1) is 6.92 Å².